The second-order valence-corrected chi connectivity index (χ2v) is 1.74. The van der Waals surface area contributed by atoms with Crippen LogP contribution in [0.15, 0.2) is 18.3 Å². The molecule has 0 saturated carbocycles. The number of halogens is 2. The van der Waals surface area contributed by atoms with Gasteiger partial charge >= 0.3 is 6.55 Å². The van der Waals surface area contributed by atoms with Crippen LogP contribution in [0.3, 0.4) is 0 Å². The number of nitrogens with zero attached hydrogens (tertiary/aromatic N) is 1. The van der Waals surface area contributed by atoms with Gasteiger partial charge in [0.1, 0.15) is 0 Å². The first kappa shape index (κ1) is 6.92. The van der Waals surface area contributed by atoms with E-state index in [0.717, 1.165) is 6.20 Å². The summed E-state index contributed by atoms with van der Waals surface area (Å²) in [6, 6.07) is 2.73. The lowest BCUT2D eigenvalue weighted by molar-refractivity contribution is 0.0667. The lowest BCUT2D eigenvalue weighted by atomic mass is 10.5. The third kappa shape index (κ3) is 1.05. The van der Waals surface area contributed by atoms with Crippen LogP contribution in [0.5, 0.6) is 0 Å². The third-order valence-electron chi connectivity index (χ3n) is 1.14. The predicted molar refractivity (Wildman–Crippen MR) is 31.1 cm³/mol. The lowest BCUT2D eigenvalue weighted by Gasteiger charge is -2.00. The van der Waals surface area contributed by atoms with E-state index in [4.69, 9.17) is 0 Å². The Morgan fingerprint density at radius 3 is 2.70 bits per heavy atom. The molecule has 1 aromatic rings. The fourth-order valence-electron chi connectivity index (χ4n) is 0.684. The average molecular weight is 145 g/mol. The van der Waals surface area contributed by atoms with Crippen molar-refractivity contribution in [2.45, 2.75) is 6.55 Å². The van der Waals surface area contributed by atoms with E-state index >= 15 is 0 Å². The highest BCUT2D eigenvalue weighted by Crippen LogP contribution is 2.12. The summed E-state index contributed by atoms with van der Waals surface area (Å²) in [5.41, 5.74) is -0.00463. The van der Waals surface area contributed by atoms with E-state index in [1.807, 2.05) is 0 Å². The van der Waals surface area contributed by atoms with E-state index in [9.17, 15) is 13.6 Å². The van der Waals surface area contributed by atoms with E-state index < -0.39 is 6.55 Å². The predicted octanol–water partition coefficient (Wildman–Crippen LogP) is 1.70. The molecule has 0 aliphatic rings. The molecule has 0 fully saturated rings. The second-order valence-electron chi connectivity index (χ2n) is 1.74. The Labute approximate surface area is 56.1 Å². The van der Waals surface area contributed by atoms with Gasteiger partial charge in [-0.15, -0.1) is 0 Å². The smallest absolute Gasteiger partial charge is 0.296 e. The maximum absolute atomic E-state index is 11.9. The Morgan fingerprint density at radius 1 is 1.60 bits per heavy atom. The normalized spacial score (nSPS) is 10.3. The Balaban J connectivity index is 3.01. The van der Waals surface area contributed by atoms with Gasteiger partial charge in [-0.1, -0.05) is 0 Å². The van der Waals surface area contributed by atoms with Gasteiger partial charge < -0.3 is 0 Å². The van der Waals surface area contributed by atoms with Gasteiger partial charge in [0.15, 0.2) is 6.29 Å². The zero-order valence-electron chi connectivity index (χ0n) is 5.00. The van der Waals surface area contributed by atoms with Gasteiger partial charge in [-0.25, -0.2) is 0 Å². The number of hydrogen-bond donors (Lipinski definition) is 0. The second kappa shape index (κ2) is 2.60. The topological polar surface area (TPSA) is 22.0 Å². The van der Waals surface area contributed by atoms with Gasteiger partial charge in [0.2, 0.25) is 0 Å². The molecule has 0 bridgehead atoms. The quantitative estimate of drug-likeness (QED) is 0.580. The first-order chi connectivity index (χ1) is 4.75. The van der Waals surface area contributed by atoms with Crippen LogP contribution in [0.1, 0.15) is 17.0 Å². The van der Waals surface area contributed by atoms with E-state index in [2.05, 4.69) is 0 Å². The number of aldehydes is 1. The van der Waals surface area contributed by atoms with Crippen LogP contribution in [0.2, 0.25) is 0 Å². The lowest BCUT2D eigenvalue weighted by Crippen LogP contribution is -2.00. The van der Waals surface area contributed by atoms with Gasteiger partial charge in [0.25, 0.3) is 0 Å². The van der Waals surface area contributed by atoms with E-state index in [-0.39, 0.29) is 5.69 Å². The van der Waals surface area contributed by atoms with Crippen molar-refractivity contribution in [1.82, 2.24) is 4.57 Å². The summed E-state index contributed by atoms with van der Waals surface area (Å²) < 4.78 is 24.3. The Morgan fingerprint density at radius 2 is 2.30 bits per heavy atom. The molecule has 1 rings (SSSR count). The summed E-state index contributed by atoms with van der Waals surface area (Å²) in [6.45, 7) is -2.63. The molecular weight excluding hydrogens is 140 g/mol. The molecule has 10 heavy (non-hydrogen) atoms. The minimum Gasteiger partial charge on any atom is -0.296 e. The van der Waals surface area contributed by atoms with Crippen molar-refractivity contribution >= 4 is 6.29 Å². The van der Waals surface area contributed by atoms with Crippen LogP contribution in [0, 0.1) is 0 Å². The Hall–Kier alpha value is -1.19. The van der Waals surface area contributed by atoms with Gasteiger partial charge in [0.05, 0.1) is 5.69 Å². The zero-order valence-corrected chi connectivity index (χ0v) is 5.00. The number of hydrogen-bond acceptors (Lipinski definition) is 1. The molecule has 0 unspecified atom stereocenters. The van der Waals surface area contributed by atoms with Crippen LogP contribution >= 0.6 is 0 Å². The zero-order chi connectivity index (χ0) is 7.56. The SMILES string of the molecule is O=Cc1cccn1C(F)F. The molecule has 0 aliphatic heterocycles. The summed E-state index contributed by atoms with van der Waals surface area (Å²) in [5, 5.41) is 0. The standard InChI is InChI=1S/C6H5F2NO/c7-6(8)9-3-1-2-5(9)4-10/h1-4,6H. The molecule has 0 amide bonds. The molecular formula is C6H5F2NO. The summed E-state index contributed by atoms with van der Waals surface area (Å²) in [6.07, 6.45) is 1.56. The summed E-state index contributed by atoms with van der Waals surface area (Å²) in [4.78, 5) is 10.0. The Kier molecular flexibility index (Phi) is 1.80. The van der Waals surface area contributed by atoms with Crippen LogP contribution in [0.25, 0.3) is 0 Å². The highest BCUT2D eigenvalue weighted by atomic mass is 19.3. The molecule has 0 aromatic carbocycles. The minimum absolute atomic E-state index is 0.00463. The van der Waals surface area contributed by atoms with E-state index in [1.165, 1.54) is 12.1 Å². The Bertz CT molecular complexity index is 231. The number of aromatic nitrogens is 1. The van der Waals surface area contributed by atoms with E-state index in [0.29, 0.717) is 10.9 Å². The number of rotatable bonds is 2. The van der Waals surface area contributed by atoms with Crippen molar-refractivity contribution in [2.75, 3.05) is 0 Å². The van der Waals surface area contributed by atoms with Crippen molar-refractivity contribution in [1.29, 1.82) is 0 Å². The number of alkyl halides is 2. The van der Waals surface area contributed by atoms with Crippen molar-refractivity contribution in [3.8, 4) is 0 Å². The average Bonchev–Trinajstić information content (AvgIpc) is 2.33. The van der Waals surface area contributed by atoms with Crippen molar-refractivity contribution in [2.24, 2.45) is 0 Å². The third-order valence-corrected chi connectivity index (χ3v) is 1.14. The minimum atomic E-state index is -2.63. The first-order valence-electron chi connectivity index (χ1n) is 2.66. The molecule has 1 aromatic heterocycles. The maximum Gasteiger partial charge on any atom is 0.319 e. The highest BCUT2D eigenvalue weighted by Gasteiger charge is 2.07. The van der Waals surface area contributed by atoms with Gasteiger partial charge in [0, 0.05) is 6.20 Å². The van der Waals surface area contributed by atoms with Gasteiger partial charge in [-0.05, 0) is 12.1 Å². The van der Waals surface area contributed by atoms with Crippen molar-refractivity contribution in [3.05, 3.63) is 24.0 Å². The molecule has 0 aliphatic carbocycles. The molecule has 0 saturated heterocycles. The van der Waals surface area contributed by atoms with Crippen LogP contribution in [-0.4, -0.2) is 10.9 Å². The van der Waals surface area contributed by atoms with Crippen molar-refractivity contribution in [3.63, 3.8) is 0 Å². The molecule has 2 nitrogen and oxygen atoms in total. The molecule has 0 N–H and O–H groups in total. The number of carbonyl (C=O) groups excluding carboxylic acids is 1. The highest BCUT2D eigenvalue weighted by molar-refractivity contribution is 5.72. The fourth-order valence-corrected chi connectivity index (χ4v) is 0.684. The molecule has 0 radical (unpaired) electrons. The van der Waals surface area contributed by atoms with Crippen LogP contribution in [-0.2, 0) is 0 Å². The molecule has 54 valence electrons. The van der Waals surface area contributed by atoms with Crippen LogP contribution in [0.4, 0.5) is 8.78 Å². The molecule has 4 heteroatoms. The largest absolute Gasteiger partial charge is 0.319 e. The van der Waals surface area contributed by atoms with E-state index in [1.54, 1.807) is 0 Å². The summed E-state index contributed by atoms with van der Waals surface area (Å²) in [5.74, 6) is 0. The van der Waals surface area contributed by atoms with Crippen molar-refractivity contribution < 1.29 is 13.6 Å². The monoisotopic (exact) mass is 145 g/mol. The summed E-state index contributed by atoms with van der Waals surface area (Å²) in [7, 11) is 0. The van der Waals surface area contributed by atoms with Gasteiger partial charge in [-0.3, -0.25) is 9.36 Å². The first-order valence-corrected chi connectivity index (χ1v) is 2.66. The maximum atomic E-state index is 11.9. The molecule has 1 heterocycles. The molecule has 0 spiro atoms. The van der Waals surface area contributed by atoms with Crippen LogP contribution < -0.4 is 0 Å². The molecule has 0 atom stereocenters. The summed E-state index contributed by atoms with van der Waals surface area (Å²) >= 11 is 0. The number of carbonyl (C=O) groups is 1. The fraction of sp³-hybridized carbons (Fsp3) is 0.167. The van der Waals surface area contributed by atoms with Gasteiger partial charge in [-0.2, -0.15) is 8.78 Å².